The molecule has 0 aliphatic rings. The lowest BCUT2D eigenvalue weighted by Gasteiger charge is -2.17. The Balaban J connectivity index is 1.93. The van der Waals surface area contributed by atoms with Crippen LogP contribution in [0.4, 0.5) is 11.4 Å². The van der Waals surface area contributed by atoms with Crippen molar-refractivity contribution in [3.63, 3.8) is 0 Å². The summed E-state index contributed by atoms with van der Waals surface area (Å²) in [6.45, 7) is 2.22. The molecule has 1 N–H and O–H groups in total. The number of rotatable bonds is 5. The largest absolute Gasteiger partial charge is 0.382 e. The molecule has 0 fully saturated rings. The number of hydrogen-bond donors (Lipinski definition) is 1. The molecular weight excluding hydrogens is 232 g/mol. The van der Waals surface area contributed by atoms with Crippen molar-refractivity contribution in [2.24, 2.45) is 0 Å². The molecule has 2 heteroatoms. The van der Waals surface area contributed by atoms with Crippen molar-refractivity contribution < 1.29 is 0 Å². The second-order valence-corrected chi connectivity index (χ2v) is 5.18. The van der Waals surface area contributed by atoms with Crippen LogP contribution in [0.15, 0.2) is 54.6 Å². The molecule has 0 amide bonds. The average Bonchev–Trinajstić information content (AvgIpc) is 2.40. The van der Waals surface area contributed by atoms with E-state index in [0.29, 0.717) is 6.04 Å². The van der Waals surface area contributed by atoms with Gasteiger partial charge in [-0.05, 0) is 43.2 Å². The van der Waals surface area contributed by atoms with Gasteiger partial charge >= 0.3 is 0 Å². The second kappa shape index (κ2) is 6.28. The summed E-state index contributed by atoms with van der Waals surface area (Å²) < 4.78 is 0. The van der Waals surface area contributed by atoms with Gasteiger partial charge in [0.05, 0.1) is 0 Å². The molecule has 0 saturated heterocycles. The summed E-state index contributed by atoms with van der Waals surface area (Å²) in [5, 5.41) is 3.54. The lowest BCUT2D eigenvalue weighted by molar-refractivity contribution is 0.790. The fourth-order valence-electron chi connectivity index (χ4n) is 2.16. The number of hydrogen-bond acceptors (Lipinski definition) is 2. The molecule has 0 heterocycles. The van der Waals surface area contributed by atoms with Crippen LogP contribution in [0.5, 0.6) is 0 Å². The Morgan fingerprint density at radius 1 is 0.947 bits per heavy atom. The van der Waals surface area contributed by atoms with E-state index in [1.807, 2.05) is 0 Å². The van der Waals surface area contributed by atoms with E-state index in [1.54, 1.807) is 0 Å². The van der Waals surface area contributed by atoms with Crippen molar-refractivity contribution in [1.82, 2.24) is 0 Å². The molecule has 19 heavy (non-hydrogen) atoms. The SMILES string of the molecule is CC(Cc1ccccc1)Nc1ccc(N(C)C)cc1. The summed E-state index contributed by atoms with van der Waals surface area (Å²) in [6, 6.07) is 19.6. The first-order valence-corrected chi connectivity index (χ1v) is 6.73. The van der Waals surface area contributed by atoms with Crippen LogP contribution in [-0.4, -0.2) is 20.1 Å². The van der Waals surface area contributed by atoms with Gasteiger partial charge in [-0.25, -0.2) is 0 Å². The quantitative estimate of drug-likeness (QED) is 0.873. The van der Waals surface area contributed by atoms with Gasteiger partial charge in [-0.2, -0.15) is 0 Å². The molecule has 2 aromatic rings. The molecule has 2 nitrogen and oxygen atoms in total. The smallest absolute Gasteiger partial charge is 0.0362 e. The summed E-state index contributed by atoms with van der Waals surface area (Å²) in [4.78, 5) is 2.11. The minimum Gasteiger partial charge on any atom is -0.382 e. The molecule has 1 unspecified atom stereocenters. The summed E-state index contributed by atoms with van der Waals surface area (Å²) in [7, 11) is 4.11. The predicted molar refractivity (Wildman–Crippen MR) is 84.0 cm³/mol. The zero-order chi connectivity index (χ0) is 13.7. The monoisotopic (exact) mass is 254 g/mol. The summed E-state index contributed by atoms with van der Waals surface area (Å²) >= 11 is 0. The fourth-order valence-corrected chi connectivity index (χ4v) is 2.16. The average molecular weight is 254 g/mol. The van der Waals surface area contributed by atoms with Crippen molar-refractivity contribution in [3.05, 3.63) is 60.2 Å². The minimum atomic E-state index is 0.424. The lowest BCUT2D eigenvalue weighted by atomic mass is 10.1. The molecule has 0 spiro atoms. The highest BCUT2D eigenvalue weighted by molar-refractivity contribution is 5.54. The fraction of sp³-hybridized carbons (Fsp3) is 0.294. The van der Waals surface area contributed by atoms with Crippen molar-refractivity contribution in [2.45, 2.75) is 19.4 Å². The number of benzene rings is 2. The molecule has 0 aromatic heterocycles. The molecule has 0 radical (unpaired) electrons. The standard InChI is InChI=1S/C17H22N2/c1-14(13-15-7-5-4-6-8-15)18-16-9-11-17(12-10-16)19(2)3/h4-12,14,18H,13H2,1-3H3. The first-order chi connectivity index (χ1) is 9.15. The zero-order valence-electron chi connectivity index (χ0n) is 11.9. The molecular formula is C17H22N2. The van der Waals surface area contributed by atoms with Gasteiger partial charge in [0, 0.05) is 31.5 Å². The minimum absolute atomic E-state index is 0.424. The van der Waals surface area contributed by atoms with E-state index in [0.717, 1.165) is 6.42 Å². The number of anilines is 2. The van der Waals surface area contributed by atoms with Gasteiger partial charge < -0.3 is 10.2 Å². The van der Waals surface area contributed by atoms with Crippen LogP contribution in [0, 0.1) is 0 Å². The van der Waals surface area contributed by atoms with E-state index in [4.69, 9.17) is 0 Å². The van der Waals surface area contributed by atoms with Gasteiger partial charge in [-0.1, -0.05) is 30.3 Å². The number of nitrogens with zero attached hydrogens (tertiary/aromatic N) is 1. The van der Waals surface area contributed by atoms with Crippen LogP contribution in [0.1, 0.15) is 12.5 Å². The van der Waals surface area contributed by atoms with E-state index in [9.17, 15) is 0 Å². The summed E-state index contributed by atoms with van der Waals surface area (Å²) in [5.74, 6) is 0. The molecule has 0 saturated carbocycles. The third-order valence-electron chi connectivity index (χ3n) is 3.18. The Hall–Kier alpha value is -1.96. The third-order valence-corrected chi connectivity index (χ3v) is 3.18. The molecule has 2 rings (SSSR count). The van der Waals surface area contributed by atoms with Crippen molar-refractivity contribution in [3.8, 4) is 0 Å². The maximum Gasteiger partial charge on any atom is 0.0362 e. The topological polar surface area (TPSA) is 15.3 Å². The lowest BCUT2D eigenvalue weighted by Crippen LogP contribution is -2.18. The van der Waals surface area contributed by atoms with E-state index in [1.165, 1.54) is 16.9 Å². The highest BCUT2D eigenvalue weighted by atomic mass is 15.1. The van der Waals surface area contributed by atoms with E-state index >= 15 is 0 Å². The van der Waals surface area contributed by atoms with Gasteiger partial charge in [-0.3, -0.25) is 0 Å². The first kappa shape index (κ1) is 13.5. The zero-order valence-corrected chi connectivity index (χ0v) is 11.9. The Morgan fingerprint density at radius 2 is 1.58 bits per heavy atom. The van der Waals surface area contributed by atoms with Crippen LogP contribution in [-0.2, 0) is 6.42 Å². The third kappa shape index (κ3) is 4.02. The van der Waals surface area contributed by atoms with Crippen molar-refractivity contribution >= 4 is 11.4 Å². The normalized spacial score (nSPS) is 11.9. The molecule has 0 bridgehead atoms. The van der Waals surface area contributed by atoms with Crippen LogP contribution >= 0.6 is 0 Å². The highest BCUT2D eigenvalue weighted by Crippen LogP contribution is 2.17. The second-order valence-electron chi connectivity index (χ2n) is 5.18. The Morgan fingerprint density at radius 3 is 2.16 bits per heavy atom. The molecule has 0 aliphatic carbocycles. The van der Waals surface area contributed by atoms with Crippen LogP contribution in [0.25, 0.3) is 0 Å². The predicted octanol–water partition coefficient (Wildman–Crippen LogP) is 3.80. The number of nitrogens with one attached hydrogen (secondary N) is 1. The van der Waals surface area contributed by atoms with Crippen molar-refractivity contribution in [2.75, 3.05) is 24.3 Å². The van der Waals surface area contributed by atoms with E-state index < -0.39 is 0 Å². The Labute approximate surface area is 116 Å². The van der Waals surface area contributed by atoms with Gasteiger partial charge in [0.1, 0.15) is 0 Å². The van der Waals surface area contributed by atoms with Crippen LogP contribution < -0.4 is 10.2 Å². The first-order valence-electron chi connectivity index (χ1n) is 6.73. The van der Waals surface area contributed by atoms with Gasteiger partial charge in [-0.15, -0.1) is 0 Å². The van der Waals surface area contributed by atoms with Gasteiger partial charge in [0.2, 0.25) is 0 Å². The Bertz CT molecular complexity index is 488. The van der Waals surface area contributed by atoms with Crippen LogP contribution in [0.2, 0.25) is 0 Å². The van der Waals surface area contributed by atoms with E-state index in [-0.39, 0.29) is 0 Å². The van der Waals surface area contributed by atoms with Crippen molar-refractivity contribution in [1.29, 1.82) is 0 Å². The maximum absolute atomic E-state index is 3.54. The van der Waals surface area contributed by atoms with Gasteiger partial charge in [0.25, 0.3) is 0 Å². The summed E-state index contributed by atoms with van der Waals surface area (Å²) in [6.07, 6.45) is 1.04. The molecule has 100 valence electrons. The highest BCUT2D eigenvalue weighted by Gasteiger charge is 2.03. The maximum atomic E-state index is 3.54. The summed E-state index contributed by atoms with van der Waals surface area (Å²) in [5.41, 5.74) is 3.77. The molecule has 2 aromatic carbocycles. The molecule has 1 atom stereocenters. The van der Waals surface area contributed by atoms with Crippen LogP contribution in [0.3, 0.4) is 0 Å². The van der Waals surface area contributed by atoms with E-state index in [2.05, 4.69) is 85.8 Å². The van der Waals surface area contributed by atoms with Gasteiger partial charge in [0.15, 0.2) is 0 Å². The Kier molecular flexibility index (Phi) is 4.45. The molecule has 0 aliphatic heterocycles.